The quantitative estimate of drug-likeness (QED) is 0.368. The summed E-state index contributed by atoms with van der Waals surface area (Å²) in [7, 11) is 0. The number of anilines is 1. The van der Waals surface area contributed by atoms with Gasteiger partial charge in [-0.25, -0.2) is 4.68 Å². The molecule has 1 amide bonds. The highest BCUT2D eigenvalue weighted by Crippen LogP contribution is 2.10. The van der Waals surface area contributed by atoms with Crippen LogP contribution in [0.3, 0.4) is 0 Å². The number of hydrogen-bond acceptors (Lipinski definition) is 3. The predicted molar refractivity (Wildman–Crippen MR) is 126 cm³/mol. The third-order valence-electron chi connectivity index (χ3n) is 4.70. The fourth-order valence-corrected chi connectivity index (χ4v) is 3.16. The van der Waals surface area contributed by atoms with E-state index in [1.54, 1.807) is 6.20 Å². The number of rotatable bonds is 9. The molecule has 7 heteroatoms. The molecule has 0 saturated carbocycles. The lowest BCUT2D eigenvalue weighted by Crippen LogP contribution is -2.38. The molecule has 0 spiro atoms. The van der Waals surface area contributed by atoms with E-state index >= 15 is 0 Å². The molecule has 3 rings (SSSR count). The number of aliphatic imine (C=N–C) groups is 1. The fourth-order valence-electron chi connectivity index (χ4n) is 3.16. The molecule has 0 fully saturated rings. The number of hydrogen-bond donors (Lipinski definition) is 3. The number of amides is 1. The van der Waals surface area contributed by atoms with Crippen LogP contribution in [0.4, 0.5) is 5.69 Å². The van der Waals surface area contributed by atoms with Crippen LogP contribution in [-0.2, 0) is 17.6 Å². The minimum atomic E-state index is -0.0624. The summed E-state index contributed by atoms with van der Waals surface area (Å²) in [5.74, 6) is 0.762. The molecule has 1 aromatic heterocycles. The molecule has 0 unspecified atom stereocenters. The average molecular weight is 419 g/mol. The highest BCUT2D eigenvalue weighted by Gasteiger charge is 2.01. The highest BCUT2D eigenvalue weighted by molar-refractivity contribution is 5.88. The Morgan fingerprint density at radius 3 is 2.35 bits per heavy atom. The van der Waals surface area contributed by atoms with Crippen molar-refractivity contribution in [3.05, 3.63) is 78.1 Å². The Morgan fingerprint density at radius 1 is 1.00 bits per heavy atom. The van der Waals surface area contributed by atoms with E-state index in [1.807, 2.05) is 41.2 Å². The van der Waals surface area contributed by atoms with Crippen LogP contribution < -0.4 is 16.0 Å². The fraction of sp³-hybridized carbons (Fsp3) is 0.292. The van der Waals surface area contributed by atoms with E-state index in [-0.39, 0.29) is 5.91 Å². The molecule has 0 saturated heterocycles. The Hall–Kier alpha value is -3.61. The molecule has 2 aromatic carbocycles. The van der Waals surface area contributed by atoms with E-state index in [9.17, 15) is 4.79 Å². The van der Waals surface area contributed by atoms with Crippen LogP contribution in [0.2, 0.25) is 0 Å². The molecule has 3 aromatic rings. The number of carbonyl (C=O) groups excluding carboxylic acids is 1. The Balaban J connectivity index is 1.45. The lowest BCUT2D eigenvalue weighted by atomic mass is 10.1. The zero-order valence-corrected chi connectivity index (χ0v) is 18.1. The minimum absolute atomic E-state index is 0.0624. The molecular formula is C24H30N6O. The van der Waals surface area contributed by atoms with Gasteiger partial charge in [-0.2, -0.15) is 5.10 Å². The molecule has 0 atom stereocenters. The molecule has 3 N–H and O–H groups in total. The number of nitrogens with one attached hydrogen (secondary N) is 3. The lowest BCUT2D eigenvalue weighted by molar-refractivity contribution is -0.114. The van der Waals surface area contributed by atoms with Gasteiger partial charge in [0.05, 0.1) is 5.69 Å². The zero-order chi connectivity index (χ0) is 21.9. The molecule has 0 aliphatic heterocycles. The first-order valence-corrected chi connectivity index (χ1v) is 10.6. The first kappa shape index (κ1) is 22.1. The largest absolute Gasteiger partial charge is 0.357 e. The predicted octanol–water partition coefficient (Wildman–Crippen LogP) is 3.17. The van der Waals surface area contributed by atoms with Crippen LogP contribution >= 0.6 is 0 Å². The van der Waals surface area contributed by atoms with Crippen molar-refractivity contribution in [2.24, 2.45) is 4.99 Å². The second kappa shape index (κ2) is 11.5. The molecule has 162 valence electrons. The van der Waals surface area contributed by atoms with Gasteiger partial charge in [-0.3, -0.25) is 9.79 Å². The number of carbonyl (C=O) groups is 1. The van der Waals surface area contributed by atoms with Crippen molar-refractivity contribution >= 4 is 17.6 Å². The summed E-state index contributed by atoms with van der Waals surface area (Å²) in [4.78, 5) is 15.8. The van der Waals surface area contributed by atoms with E-state index in [0.717, 1.165) is 43.3 Å². The molecule has 0 aliphatic carbocycles. The SMILES string of the molecule is CCNC(=NCCc1ccc(NC(C)=O)cc1)NCCc1ccc(-n2cccn2)cc1. The summed E-state index contributed by atoms with van der Waals surface area (Å²) < 4.78 is 1.85. The second-order valence-electron chi connectivity index (χ2n) is 7.18. The van der Waals surface area contributed by atoms with Crippen molar-refractivity contribution in [3.63, 3.8) is 0 Å². The molecular weight excluding hydrogens is 388 g/mol. The van der Waals surface area contributed by atoms with Crippen LogP contribution in [-0.4, -0.2) is 41.3 Å². The Bertz CT molecular complexity index is 962. The molecule has 0 radical (unpaired) electrons. The maximum absolute atomic E-state index is 11.1. The Kier molecular flexibility index (Phi) is 8.22. The summed E-state index contributed by atoms with van der Waals surface area (Å²) in [6.07, 6.45) is 5.47. The van der Waals surface area contributed by atoms with Crippen LogP contribution in [0.25, 0.3) is 5.69 Å². The molecule has 31 heavy (non-hydrogen) atoms. The molecule has 0 aliphatic rings. The standard InChI is InChI=1S/C24H30N6O/c1-3-25-24(26-16-13-20-5-9-22(10-6-20)29-19(2)31)27-17-14-21-7-11-23(12-8-21)30-18-4-15-28-30/h4-12,15,18H,3,13-14,16-17H2,1-2H3,(H,29,31)(H2,25,26,27). The van der Waals surface area contributed by atoms with Crippen LogP contribution in [0.1, 0.15) is 25.0 Å². The van der Waals surface area contributed by atoms with Gasteiger partial charge in [0, 0.05) is 44.6 Å². The van der Waals surface area contributed by atoms with Gasteiger partial charge >= 0.3 is 0 Å². The van der Waals surface area contributed by atoms with Gasteiger partial charge in [-0.15, -0.1) is 0 Å². The van der Waals surface area contributed by atoms with E-state index in [2.05, 4.69) is 57.2 Å². The number of benzene rings is 2. The normalized spacial score (nSPS) is 11.2. The molecule has 7 nitrogen and oxygen atoms in total. The number of guanidine groups is 1. The third kappa shape index (κ3) is 7.29. The first-order chi connectivity index (χ1) is 15.1. The van der Waals surface area contributed by atoms with Crippen molar-refractivity contribution in [1.29, 1.82) is 0 Å². The Labute approximate surface area is 183 Å². The van der Waals surface area contributed by atoms with Gasteiger partial charge in [-0.05, 0) is 61.2 Å². The Morgan fingerprint density at radius 2 is 1.71 bits per heavy atom. The van der Waals surface area contributed by atoms with Gasteiger partial charge in [0.25, 0.3) is 0 Å². The first-order valence-electron chi connectivity index (χ1n) is 10.6. The highest BCUT2D eigenvalue weighted by atomic mass is 16.1. The molecule has 0 bridgehead atoms. The van der Waals surface area contributed by atoms with E-state index in [1.165, 1.54) is 18.1 Å². The van der Waals surface area contributed by atoms with Gasteiger partial charge in [0.1, 0.15) is 0 Å². The summed E-state index contributed by atoms with van der Waals surface area (Å²) in [5, 5.41) is 13.7. The monoisotopic (exact) mass is 418 g/mol. The summed E-state index contributed by atoms with van der Waals surface area (Å²) in [6, 6.07) is 18.2. The van der Waals surface area contributed by atoms with Crippen molar-refractivity contribution in [3.8, 4) is 5.69 Å². The third-order valence-corrected chi connectivity index (χ3v) is 4.70. The second-order valence-corrected chi connectivity index (χ2v) is 7.18. The maximum atomic E-state index is 11.1. The van der Waals surface area contributed by atoms with Crippen molar-refractivity contribution < 1.29 is 4.79 Å². The van der Waals surface area contributed by atoms with Crippen LogP contribution in [0, 0.1) is 0 Å². The van der Waals surface area contributed by atoms with Crippen LogP contribution in [0.15, 0.2) is 72.0 Å². The van der Waals surface area contributed by atoms with Crippen LogP contribution in [0.5, 0.6) is 0 Å². The summed E-state index contributed by atoms with van der Waals surface area (Å²) in [5.41, 5.74) is 4.32. The average Bonchev–Trinajstić information content (AvgIpc) is 3.30. The lowest BCUT2D eigenvalue weighted by Gasteiger charge is -2.12. The maximum Gasteiger partial charge on any atom is 0.221 e. The smallest absolute Gasteiger partial charge is 0.221 e. The molecule has 1 heterocycles. The van der Waals surface area contributed by atoms with Crippen molar-refractivity contribution in [2.45, 2.75) is 26.7 Å². The van der Waals surface area contributed by atoms with Crippen molar-refractivity contribution in [1.82, 2.24) is 20.4 Å². The zero-order valence-electron chi connectivity index (χ0n) is 18.1. The van der Waals surface area contributed by atoms with Gasteiger partial charge < -0.3 is 16.0 Å². The minimum Gasteiger partial charge on any atom is -0.357 e. The summed E-state index contributed by atoms with van der Waals surface area (Å²) >= 11 is 0. The van der Waals surface area contributed by atoms with Crippen molar-refractivity contribution in [2.75, 3.05) is 25.0 Å². The van der Waals surface area contributed by atoms with Gasteiger partial charge in [0.15, 0.2) is 5.96 Å². The van der Waals surface area contributed by atoms with E-state index in [4.69, 9.17) is 0 Å². The number of nitrogens with zero attached hydrogens (tertiary/aromatic N) is 3. The topological polar surface area (TPSA) is 83.3 Å². The summed E-state index contributed by atoms with van der Waals surface area (Å²) in [6.45, 7) is 5.88. The van der Waals surface area contributed by atoms with Gasteiger partial charge in [0.2, 0.25) is 5.91 Å². The van der Waals surface area contributed by atoms with E-state index < -0.39 is 0 Å². The number of aromatic nitrogens is 2. The van der Waals surface area contributed by atoms with E-state index in [0.29, 0.717) is 6.54 Å². The van der Waals surface area contributed by atoms with Gasteiger partial charge in [-0.1, -0.05) is 24.3 Å².